The Hall–Kier alpha value is -1.85. The van der Waals surface area contributed by atoms with Gasteiger partial charge in [-0.2, -0.15) is 0 Å². The van der Waals surface area contributed by atoms with Crippen LogP contribution in [0.3, 0.4) is 0 Å². The normalized spacial score (nSPS) is 19.9. The summed E-state index contributed by atoms with van der Waals surface area (Å²) < 4.78 is 11.0. The molecular formula is C20H27NO4. The molecule has 5 nitrogen and oxygen atoms in total. The molecular weight excluding hydrogens is 318 g/mol. The number of rotatable bonds is 6. The molecule has 0 radical (unpaired) electrons. The van der Waals surface area contributed by atoms with Crippen molar-refractivity contribution in [3.05, 3.63) is 40.2 Å². The van der Waals surface area contributed by atoms with Gasteiger partial charge in [0.25, 0.3) is 0 Å². The maximum atomic E-state index is 11.5. The highest BCUT2D eigenvalue weighted by atomic mass is 16.5. The van der Waals surface area contributed by atoms with Gasteiger partial charge in [0.1, 0.15) is 24.0 Å². The van der Waals surface area contributed by atoms with Gasteiger partial charge in [-0.25, -0.2) is 4.79 Å². The second-order valence-electron chi connectivity index (χ2n) is 6.92. The summed E-state index contributed by atoms with van der Waals surface area (Å²) in [6.07, 6.45) is 4.28. The summed E-state index contributed by atoms with van der Waals surface area (Å²) in [5.74, 6) is 0.603. The molecule has 1 aromatic carbocycles. The Bertz CT molecular complexity index is 770. The summed E-state index contributed by atoms with van der Waals surface area (Å²) in [4.78, 5) is 13.9. The molecule has 1 aliphatic heterocycles. The fourth-order valence-electron chi connectivity index (χ4n) is 3.67. The number of fused-ring (bicyclic) bond motifs is 1. The summed E-state index contributed by atoms with van der Waals surface area (Å²) in [6, 6.07) is 7.49. The molecule has 0 spiro atoms. The van der Waals surface area contributed by atoms with Crippen LogP contribution in [0, 0.1) is 6.92 Å². The van der Waals surface area contributed by atoms with Crippen LogP contribution in [0.2, 0.25) is 0 Å². The standard InChI is InChI=1S/C20H27NO4/c1-3-15-6-4-5-9-21(15)12-16(22)13-24-17-7-8-18-14(2)10-20(23)25-19(18)11-17/h7-8,10-11,15-16,22H,3-6,9,12-13H2,1-2H3/t15-,16+/m0/s1. The Labute approximate surface area is 148 Å². The fourth-order valence-corrected chi connectivity index (χ4v) is 3.67. The maximum Gasteiger partial charge on any atom is 0.336 e. The van der Waals surface area contributed by atoms with Crippen LogP contribution >= 0.6 is 0 Å². The van der Waals surface area contributed by atoms with E-state index in [9.17, 15) is 9.90 Å². The molecule has 136 valence electrons. The average molecular weight is 345 g/mol. The summed E-state index contributed by atoms with van der Waals surface area (Å²) >= 11 is 0. The van der Waals surface area contributed by atoms with E-state index < -0.39 is 6.10 Å². The van der Waals surface area contributed by atoms with Gasteiger partial charge in [0.05, 0.1) is 0 Å². The average Bonchev–Trinajstić information content (AvgIpc) is 2.60. The highest BCUT2D eigenvalue weighted by Crippen LogP contribution is 2.23. The zero-order valence-corrected chi connectivity index (χ0v) is 15.0. The summed E-state index contributed by atoms with van der Waals surface area (Å²) in [6.45, 7) is 6.01. The van der Waals surface area contributed by atoms with Crippen LogP contribution < -0.4 is 10.4 Å². The van der Waals surface area contributed by atoms with Crippen molar-refractivity contribution in [1.29, 1.82) is 0 Å². The third-order valence-corrected chi connectivity index (χ3v) is 5.03. The van der Waals surface area contributed by atoms with Crippen molar-refractivity contribution in [2.24, 2.45) is 0 Å². The quantitative estimate of drug-likeness (QED) is 0.815. The van der Waals surface area contributed by atoms with Gasteiger partial charge in [-0.15, -0.1) is 0 Å². The summed E-state index contributed by atoms with van der Waals surface area (Å²) in [5, 5.41) is 11.2. The number of aliphatic hydroxyl groups is 1. The van der Waals surface area contributed by atoms with Crippen LogP contribution in [0.4, 0.5) is 0 Å². The lowest BCUT2D eigenvalue weighted by molar-refractivity contribution is 0.0388. The van der Waals surface area contributed by atoms with Crippen LogP contribution in [0.5, 0.6) is 5.75 Å². The van der Waals surface area contributed by atoms with Gasteiger partial charge >= 0.3 is 5.63 Å². The van der Waals surface area contributed by atoms with Gasteiger partial charge in [-0.1, -0.05) is 13.3 Å². The molecule has 1 fully saturated rings. The number of nitrogens with zero attached hydrogens (tertiary/aromatic N) is 1. The van der Waals surface area contributed by atoms with E-state index in [2.05, 4.69) is 11.8 Å². The number of β-amino-alcohol motifs (C(OH)–C–C–N with tert-alkyl or cyclic N) is 1. The third-order valence-electron chi connectivity index (χ3n) is 5.03. The Balaban J connectivity index is 1.61. The molecule has 0 amide bonds. The first-order valence-electron chi connectivity index (χ1n) is 9.16. The number of hydrogen-bond acceptors (Lipinski definition) is 5. The highest BCUT2D eigenvalue weighted by molar-refractivity contribution is 5.81. The van der Waals surface area contributed by atoms with E-state index >= 15 is 0 Å². The van der Waals surface area contributed by atoms with Crippen molar-refractivity contribution in [3.8, 4) is 5.75 Å². The Morgan fingerprint density at radius 2 is 2.20 bits per heavy atom. The van der Waals surface area contributed by atoms with Crippen molar-refractivity contribution in [2.45, 2.75) is 51.7 Å². The predicted molar refractivity (Wildman–Crippen MR) is 98.2 cm³/mol. The second-order valence-corrected chi connectivity index (χ2v) is 6.92. The molecule has 3 rings (SSSR count). The van der Waals surface area contributed by atoms with E-state index in [1.165, 1.54) is 25.3 Å². The van der Waals surface area contributed by atoms with Crippen molar-refractivity contribution < 1.29 is 14.3 Å². The minimum Gasteiger partial charge on any atom is -0.491 e. The van der Waals surface area contributed by atoms with Crippen molar-refractivity contribution >= 4 is 11.0 Å². The molecule has 2 atom stereocenters. The van der Waals surface area contributed by atoms with Crippen LogP contribution in [-0.4, -0.2) is 41.8 Å². The lowest BCUT2D eigenvalue weighted by Crippen LogP contribution is -2.44. The fraction of sp³-hybridized carbons (Fsp3) is 0.550. The summed E-state index contributed by atoms with van der Waals surface area (Å²) in [7, 11) is 0. The summed E-state index contributed by atoms with van der Waals surface area (Å²) in [5.41, 5.74) is 1.03. The van der Waals surface area contributed by atoms with Crippen molar-refractivity contribution in [2.75, 3.05) is 19.7 Å². The first-order valence-corrected chi connectivity index (χ1v) is 9.16. The topological polar surface area (TPSA) is 62.9 Å². The third kappa shape index (κ3) is 4.41. The van der Waals surface area contributed by atoms with Gasteiger partial charge in [0.2, 0.25) is 0 Å². The predicted octanol–water partition coefficient (Wildman–Crippen LogP) is 3.11. The van der Waals surface area contributed by atoms with Gasteiger partial charge in [0.15, 0.2) is 0 Å². The van der Waals surface area contributed by atoms with E-state index in [1.807, 2.05) is 19.1 Å². The molecule has 1 saturated heterocycles. The Kier molecular flexibility index (Phi) is 5.76. The van der Waals surface area contributed by atoms with Gasteiger partial charge in [-0.05, 0) is 50.4 Å². The van der Waals surface area contributed by atoms with E-state index in [0.717, 1.165) is 23.9 Å². The van der Waals surface area contributed by atoms with Crippen LogP contribution in [0.25, 0.3) is 11.0 Å². The second kappa shape index (κ2) is 8.02. The lowest BCUT2D eigenvalue weighted by Gasteiger charge is -2.36. The number of aliphatic hydroxyl groups excluding tert-OH is 1. The van der Waals surface area contributed by atoms with Crippen LogP contribution in [0.1, 0.15) is 38.2 Å². The largest absolute Gasteiger partial charge is 0.491 e. The van der Waals surface area contributed by atoms with Crippen molar-refractivity contribution in [1.82, 2.24) is 4.90 Å². The molecule has 0 aliphatic carbocycles. The number of likely N-dealkylation sites (tertiary alicyclic amines) is 1. The van der Waals surface area contributed by atoms with Crippen molar-refractivity contribution in [3.63, 3.8) is 0 Å². The SMILES string of the molecule is CC[C@H]1CCCCN1C[C@@H](O)COc1ccc2c(C)cc(=O)oc2c1. The molecule has 0 saturated carbocycles. The van der Waals surface area contributed by atoms with E-state index in [4.69, 9.17) is 9.15 Å². The minimum atomic E-state index is -0.535. The number of ether oxygens (including phenoxy) is 1. The van der Waals surface area contributed by atoms with Gasteiger partial charge < -0.3 is 14.3 Å². The first kappa shape index (κ1) is 18.0. The first-order chi connectivity index (χ1) is 12.1. The number of piperidine rings is 1. The lowest BCUT2D eigenvalue weighted by atomic mass is 10.00. The molecule has 0 unspecified atom stereocenters. The molecule has 1 N–H and O–H groups in total. The zero-order chi connectivity index (χ0) is 17.8. The van der Waals surface area contributed by atoms with E-state index in [-0.39, 0.29) is 12.2 Å². The number of hydrogen-bond donors (Lipinski definition) is 1. The molecule has 1 aliphatic rings. The Morgan fingerprint density at radius 3 is 3.00 bits per heavy atom. The molecule has 2 aromatic rings. The van der Waals surface area contributed by atoms with E-state index in [0.29, 0.717) is 23.9 Å². The monoisotopic (exact) mass is 345 g/mol. The molecule has 2 heterocycles. The molecule has 1 aromatic heterocycles. The molecule has 0 bridgehead atoms. The molecule has 25 heavy (non-hydrogen) atoms. The van der Waals surface area contributed by atoms with E-state index in [1.54, 1.807) is 6.07 Å². The number of aryl methyl sites for hydroxylation is 1. The minimum absolute atomic E-state index is 0.231. The number of benzene rings is 1. The smallest absolute Gasteiger partial charge is 0.336 e. The Morgan fingerprint density at radius 1 is 1.36 bits per heavy atom. The van der Waals surface area contributed by atoms with Gasteiger partial charge in [-0.3, -0.25) is 4.90 Å². The van der Waals surface area contributed by atoms with Crippen LogP contribution in [-0.2, 0) is 0 Å². The van der Waals surface area contributed by atoms with Gasteiger partial charge in [0, 0.05) is 30.1 Å². The van der Waals surface area contributed by atoms with Crippen LogP contribution in [0.15, 0.2) is 33.5 Å². The highest BCUT2D eigenvalue weighted by Gasteiger charge is 2.23. The maximum absolute atomic E-state index is 11.5. The molecule has 5 heteroatoms. The zero-order valence-electron chi connectivity index (χ0n) is 15.0.